The maximum atomic E-state index is 11.9. The van der Waals surface area contributed by atoms with Crippen LogP contribution in [0.15, 0.2) is 80.4 Å². The van der Waals surface area contributed by atoms with Gasteiger partial charge in [0.25, 0.3) is 0 Å². The molecule has 0 aliphatic rings. The molecule has 0 atom stereocenters. The SMILES string of the molecule is O=c1cc(COc2ccc(Br)cc2)c2c(ccc3ccccc32)o1. The molecule has 0 spiro atoms. The Kier molecular flexibility index (Phi) is 3.82. The molecule has 0 bridgehead atoms. The summed E-state index contributed by atoms with van der Waals surface area (Å²) in [6.45, 7) is 0.303. The van der Waals surface area contributed by atoms with Gasteiger partial charge < -0.3 is 9.15 Å². The van der Waals surface area contributed by atoms with Gasteiger partial charge in [0, 0.05) is 21.5 Å². The van der Waals surface area contributed by atoms with E-state index in [1.807, 2.05) is 60.7 Å². The monoisotopic (exact) mass is 380 g/mol. The van der Waals surface area contributed by atoms with Crippen molar-refractivity contribution in [1.82, 2.24) is 0 Å². The molecule has 0 amide bonds. The van der Waals surface area contributed by atoms with Gasteiger partial charge in [-0.3, -0.25) is 0 Å². The summed E-state index contributed by atoms with van der Waals surface area (Å²) in [5.74, 6) is 0.750. The van der Waals surface area contributed by atoms with Gasteiger partial charge in [-0.1, -0.05) is 46.3 Å². The minimum Gasteiger partial charge on any atom is -0.489 e. The van der Waals surface area contributed by atoms with E-state index in [9.17, 15) is 4.79 Å². The standard InChI is InChI=1S/C20H13BrO3/c21-15-6-8-16(9-7-15)23-12-14-11-19(22)24-18-10-5-13-3-1-2-4-17(13)20(14)18/h1-11H,12H2. The average Bonchev–Trinajstić information content (AvgIpc) is 2.60. The molecule has 3 nitrogen and oxygen atoms in total. The van der Waals surface area contributed by atoms with Crippen LogP contribution < -0.4 is 10.4 Å². The van der Waals surface area contributed by atoms with Gasteiger partial charge in [0.05, 0.1) is 0 Å². The quantitative estimate of drug-likeness (QED) is 0.358. The highest BCUT2D eigenvalue weighted by Gasteiger charge is 2.10. The summed E-state index contributed by atoms with van der Waals surface area (Å²) in [7, 11) is 0. The Hall–Kier alpha value is -2.59. The second-order valence-corrected chi connectivity index (χ2v) is 6.41. The van der Waals surface area contributed by atoms with Gasteiger partial charge in [-0.15, -0.1) is 0 Å². The Balaban J connectivity index is 1.82. The molecular formula is C20H13BrO3. The highest BCUT2D eigenvalue weighted by atomic mass is 79.9. The van der Waals surface area contributed by atoms with Crippen molar-refractivity contribution in [3.63, 3.8) is 0 Å². The topological polar surface area (TPSA) is 39.4 Å². The maximum Gasteiger partial charge on any atom is 0.336 e. The van der Waals surface area contributed by atoms with Crippen molar-refractivity contribution in [3.8, 4) is 5.75 Å². The van der Waals surface area contributed by atoms with Crippen LogP contribution >= 0.6 is 15.9 Å². The number of fused-ring (bicyclic) bond motifs is 3. The molecule has 3 aromatic carbocycles. The summed E-state index contributed by atoms with van der Waals surface area (Å²) in [5.41, 5.74) is 1.03. The third kappa shape index (κ3) is 2.81. The third-order valence-electron chi connectivity index (χ3n) is 3.92. The molecule has 0 aliphatic heterocycles. The van der Waals surface area contributed by atoms with Crippen molar-refractivity contribution >= 4 is 37.7 Å². The van der Waals surface area contributed by atoms with Crippen LogP contribution in [0.3, 0.4) is 0 Å². The van der Waals surface area contributed by atoms with Gasteiger partial charge in [-0.25, -0.2) is 4.79 Å². The molecule has 0 saturated heterocycles. The van der Waals surface area contributed by atoms with Crippen molar-refractivity contribution in [3.05, 3.63) is 87.2 Å². The molecule has 0 saturated carbocycles. The Morgan fingerprint density at radius 2 is 1.75 bits per heavy atom. The normalized spacial score (nSPS) is 11.0. The predicted octanol–water partition coefficient (Wildman–Crippen LogP) is 5.29. The van der Waals surface area contributed by atoms with Gasteiger partial charge in [-0.2, -0.15) is 0 Å². The first-order valence-electron chi connectivity index (χ1n) is 7.53. The number of hydrogen-bond acceptors (Lipinski definition) is 3. The molecule has 0 N–H and O–H groups in total. The van der Waals surface area contributed by atoms with Crippen LogP contribution in [-0.2, 0) is 6.61 Å². The summed E-state index contributed by atoms with van der Waals surface area (Å²) in [6.07, 6.45) is 0. The second-order valence-electron chi connectivity index (χ2n) is 5.49. The first-order valence-corrected chi connectivity index (χ1v) is 8.33. The van der Waals surface area contributed by atoms with E-state index in [-0.39, 0.29) is 5.63 Å². The fraction of sp³-hybridized carbons (Fsp3) is 0.0500. The fourth-order valence-corrected chi connectivity index (χ4v) is 3.09. The zero-order chi connectivity index (χ0) is 16.5. The van der Waals surface area contributed by atoms with Gasteiger partial charge in [0.15, 0.2) is 0 Å². The van der Waals surface area contributed by atoms with Crippen LogP contribution in [0.1, 0.15) is 5.56 Å². The average molecular weight is 381 g/mol. The van der Waals surface area contributed by atoms with E-state index in [2.05, 4.69) is 15.9 Å². The first-order chi connectivity index (χ1) is 11.7. The number of ether oxygens (including phenoxy) is 1. The number of hydrogen-bond donors (Lipinski definition) is 0. The summed E-state index contributed by atoms with van der Waals surface area (Å²) < 4.78 is 12.2. The number of rotatable bonds is 3. The van der Waals surface area contributed by atoms with Crippen molar-refractivity contribution < 1.29 is 9.15 Å². The van der Waals surface area contributed by atoms with Crippen molar-refractivity contribution in [1.29, 1.82) is 0 Å². The fourth-order valence-electron chi connectivity index (χ4n) is 2.83. The first kappa shape index (κ1) is 15.0. The molecule has 24 heavy (non-hydrogen) atoms. The van der Waals surface area contributed by atoms with E-state index in [0.717, 1.165) is 31.9 Å². The van der Waals surface area contributed by atoms with Crippen LogP contribution in [-0.4, -0.2) is 0 Å². The Bertz CT molecular complexity index is 1080. The summed E-state index contributed by atoms with van der Waals surface area (Å²) in [5, 5.41) is 3.07. The van der Waals surface area contributed by atoms with E-state index in [1.165, 1.54) is 6.07 Å². The Morgan fingerprint density at radius 1 is 0.958 bits per heavy atom. The van der Waals surface area contributed by atoms with E-state index < -0.39 is 0 Å². The Labute approximate surface area is 146 Å². The molecule has 0 fully saturated rings. The second kappa shape index (κ2) is 6.13. The van der Waals surface area contributed by atoms with Gasteiger partial charge in [0.1, 0.15) is 17.9 Å². The molecule has 0 aliphatic carbocycles. The number of halogens is 1. The summed E-state index contributed by atoms with van der Waals surface area (Å²) in [6, 6.07) is 20.9. The van der Waals surface area contributed by atoms with E-state index in [4.69, 9.17) is 9.15 Å². The largest absolute Gasteiger partial charge is 0.489 e. The summed E-state index contributed by atoms with van der Waals surface area (Å²) in [4.78, 5) is 11.9. The third-order valence-corrected chi connectivity index (χ3v) is 4.45. The van der Waals surface area contributed by atoms with Crippen molar-refractivity contribution in [2.75, 3.05) is 0 Å². The minimum atomic E-state index is -0.368. The zero-order valence-corrected chi connectivity index (χ0v) is 14.2. The zero-order valence-electron chi connectivity index (χ0n) is 12.7. The van der Waals surface area contributed by atoms with Crippen LogP contribution in [0.5, 0.6) is 5.75 Å². The van der Waals surface area contributed by atoms with E-state index >= 15 is 0 Å². The van der Waals surface area contributed by atoms with Gasteiger partial charge >= 0.3 is 5.63 Å². The van der Waals surface area contributed by atoms with Crippen LogP contribution in [0.25, 0.3) is 21.7 Å². The molecule has 0 radical (unpaired) electrons. The lowest BCUT2D eigenvalue weighted by Crippen LogP contribution is -2.04. The lowest BCUT2D eigenvalue weighted by atomic mass is 10.0. The minimum absolute atomic E-state index is 0.303. The lowest BCUT2D eigenvalue weighted by Gasteiger charge is -2.10. The molecule has 4 rings (SSSR count). The maximum absolute atomic E-state index is 11.9. The van der Waals surface area contributed by atoms with Crippen LogP contribution in [0, 0.1) is 0 Å². The molecular weight excluding hydrogens is 368 g/mol. The van der Waals surface area contributed by atoms with Crippen LogP contribution in [0.4, 0.5) is 0 Å². The number of benzene rings is 3. The Morgan fingerprint density at radius 3 is 2.58 bits per heavy atom. The molecule has 4 aromatic rings. The highest BCUT2D eigenvalue weighted by Crippen LogP contribution is 2.28. The lowest BCUT2D eigenvalue weighted by molar-refractivity contribution is 0.306. The van der Waals surface area contributed by atoms with Crippen molar-refractivity contribution in [2.24, 2.45) is 0 Å². The van der Waals surface area contributed by atoms with Crippen molar-refractivity contribution in [2.45, 2.75) is 6.61 Å². The molecule has 0 unspecified atom stereocenters. The van der Waals surface area contributed by atoms with Gasteiger partial charge in [-0.05, 0) is 41.1 Å². The molecule has 4 heteroatoms. The van der Waals surface area contributed by atoms with Crippen LogP contribution in [0.2, 0.25) is 0 Å². The van der Waals surface area contributed by atoms with E-state index in [1.54, 1.807) is 0 Å². The highest BCUT2D eigenvalue weighted by molar-refractivity contribution is 9.10. The summed E-state index contributed by atoms with van der Waals surface area (Å²) >= 11 is 3.40. The predicted molar refractivity (Wildman–Crippen MR) is 98.5 cm³/mol. The smallest absolute Gasteiger partial charge is 0.336 e. The van der Waals surface area contributed by atoms with E-state index in [0.29, 0.717) is 12.2 Å². The van der Waals surface area contributed by atoms with Gasteiger partial charge in [0.2, 0.25) is 0 Å². The molecule has 118 valence electrons. The molecule has 1 aromatic heterocycles. The molecule has 1 heterocycles.